The summed E-state index contributed by atoms with van der Waals surface area (Å²) in [7, 11) is -3.99. The normalized spacial score (nSPS) is 15.0. The van der Waals surface area contributed by atoms with E-state index in [0.717, 1.165) is 10.9 Å². The molecule has 1 aliphatic heterocycles. The molecule has 0 unspecified atom stereocenters. The van der Waals surface area contributed by atoms with Gasteiger partial charge in [0.1, 0.15) is 18.1 Å². The Kier molecular flexibility index (Phi) is 8.52. The number of ether oxygens (including phenoxy) is 2. The Bertz CT molecular complexity index is 1230. The van der Waals surface area contributed by atoms with Crippen molar-refractivity contribution in [3.8, 4) is 5.75 Å². The minimum atomic E-state index is -3.99. The largest absolute Gasteiger partial charge is 0.492 e. The van der Waals surface area contributed by atoms with Crippen LogP contribution in [0.4, 0.5) is 0 Å². The lowest BCUT2D eigenvalue weighted by atomic mass is 9.98. The molecule has 0 bridgehead atoms. The zero-order valence-corrected chi connectivity index (χ0v) is 20.7. The fraction of sp³-hybridized carbons (Fsp3) is 0.360. The number of nitrogens with one attached hydrogen (secondary N) is 2. The smallest absolute Gasteiger partial charge is 0.267 e. The quantitative estimate of drug-likeness (QED) is 0.406. The van der Waals surface area contributed by atoms with Crippen LogP contribution >= 0.6 is 0 Å². The van der Waals surface area contributed by atoms with Crippen molar-refractivity contribution < 1.29 is 27.5 Å². The first-order valence-corrected chi connectivity index (χ1v) is 13.0. The number of aromatic amines is 1. The number of primary amides is 1. The summed E-state index contributed by atoms with van der Waals surface area (Å²) in [6.07, 6.45) is 0.0535. The molecule has 2 aromatic carbocycles. The molecule has 188 valence electrons. The maximum Gasteiger partial charge on any atom is 0.267 e. The van der Waals surface area contributed by atoms with Crippen molar-refractivity contribution >= 4 is 32.6 Å². The number of H-pyrrole nitrogens is 1. The highest BCUT2D eigenvalue weighted by Crippen LogP contribution is 2.35. The van der Waals surface area contributed by atoms with Crippen LogP contribution in [0.15, 0.2) is 59.5 Å². The highest BCUT2D eigenvalue weighted by Gasteiger charge is 2.51. The van der Waals surface area contributed by atoms with Gasteiger partial charge in [-0.2, -0.15) is 0 Å². The van der Waals surface area contributed by atoms with Crippen molar-refractivity contribution in [3.63, 3.8) is 0 Å². The zero-order valence-electron chi connectivity index (χ0n) is 19.9. The standard InChI is InChI=1S/C23H25N3O6S.C2H6/c24-22(28)23(9-12-31-13-10-23)33(29,30)18-7-5-17(6-8-18)32-14-11-25-21(27)20-15-16-3-1-2-4-19(16)26-20;1-2/h1-8,15,26H,9-14H2,(H2,24,28)(H,25,27);1-2H3. The van der Waals surface area contributed by atoms with Gasteiger partial charge in [-0.3, -0.25) is 9.59 Å². The van der Waals surface area contributed by atoms with Gasteiger partial charge in [-0.15, -0.1) is 0 Å². The maximum absolute atomic E-state index is 13.1. The molecule has 2 amide bonds. The molecular weight excluding hydrogens is 470 g/mol. The average molecular weight is 502 g/mol. The Hall–Kier alpha value is -3.37. The number of hydrogen-bond acceptors (Lipinski definition) is 6. The number of amides is 2. The van der Waals surface area contributed by atoms with Crippen LogP contribution in [-0.2, 0) is 19.4 Å². The van der Waals surface area contributed by atoms with Gasteiger partial charge in [0.15, 0.2) is 14.6 Å². The van der Waals surface area contributed by atoms with Gasteiger partial charge in [0, 0.05) is 24.1 Å². The molecule has 0 atom stereocenters. The number of sulfone groups is 1. The van der Waals surface area contributed by atoms with E-state index in [0.29, 0.717) is 11.4 Å². The molecule has 0 aliphatic carbocycles. The number of rotatable bonds is 8. The van der Waals surface area contributed by atoms with Gasteiger partial charge in [0.05, 0.1) is 11.4 Å². The van der Waals surface area contributed by atoms with E-state index in [9.17, 15) is 18.0 Å². The van der Waals surface area contributed by atoms with Crippen molar-refractivity contribution in [1.29, 1.82) is 0 Å². The van der Waals surface area contributed by atoms with Crippen molar-refractivity contribution in [1.82, 2.24) is 10.3 Å². The van der Waals surface area contributed by atoms with E-state index in [1.54, 1.807) is 6.07 Å². The second-order valence-corrected chi connectivity index (χ2v) is 10.1. The number of nitrogens with two attached hydrogens (primary N) is 1. The molecular formula is C25H31N3O6S. The van der Waals surface area contributed by atoms with Crippen LogP contribution in [0.2, 0.25) is 0 Å². The first-order valence-electron chi connectivity index (χ1n) is 11.5. The lowest BCUT2D eigenvalue weighted by Gasteiger charge is -2.33. The molecule has 9 nitrogen and oxygen atoms in total. The number of hydrogen-bond donors (Lipinski definition) is 3. The summed E-state index contributed by atoms with van der Waals surface area (Å²) in [5.74, 6) is -0.671. The van der Waals surface area contributed by atoms with E-state index < -0.39 is 20.5 Å². The summed E-state index contributed by atoms with van der Waals surface area (Å²) in [4.78, 5) is 27.4. The fourth-order valence-corrected chi connectivity index (χ4v) is 5.83. The lowest BCUT2D eigenvalue weighted by molar-refractivity contribution is -0.122. The third-order valence-corrected chi connectivity index (χ3v) is 8.36. The van der Waals surface area contributed by atoms with Gasteiger partial charge in [-0.1, -0.05) is 32.0 Å². The summed E-state index contributed by atoms with van der Waals surface area (Å²) in [5.41, 5.74) is 6.83. The van der Waals surface area contributed by atoms with Crippen LogP contribution in [0.3, 0.4) is 0 Å². The minimum Gasteiger partial charge on any atom is -0.492 e. The van der Waals surface area contributed by atoms with Gasteiger partial charge in [-0.05, 0) is 49.2 Å². The van der Waals surface area contributed by atoms with Crippen molar-refractivity contribution in [2.45, 2.75) is 36.3 Å². The lowest BCUT2D eigenvalue weighted by Crippen LogP contribution is -2.53. The topological polar surface area (TPSA) is 141 Å². The van der Waals surface area contributed by atoms with Crippen LogP contribution in [0.5, 0.6) is 5.75 Å². The molecule has 10 heteroatoms. The second kappa shape index (κ2) is 11.4. The number of benzene rings is 2. The highest BCUT2D eigenvalue weighted by atomic mass is 32.2. The summed E-state index contributed by atoms with van der Waals surface area (Å²) in [5, 5.41) is 3.72. The molecule has 0 spiro atoms. The summed E-state index contributed by atoms with van der Waals surface area (Å²) >= 11 is 0. The predicted molar refractivity (Wildman–Crippen MR) is 133 cm³/mol. The molecule has 0 saturated carbocycles. The highest BCUT2D eigenvalue weighted by molar-refractivity contribution is 7.93. The molecule has 35 heavy (non-hydrogen) atoms. The summed E-state index contributed by atoms with van der Waals surface area (Å²) < 4.78 is 35.5. The molecule has 4 rings (SSSR count). The number of para-hydroxylation sites is 1. The van der Waals surface area contributed by atoms with E-state index >= 15 is 0 Å². The van der Waals surface area contributed by atoms with Crippen LogP contribution in [0.25, 0.3) is 10.9 Å². The van der Waals surface area contributed by atoms with E-state index in [2.05, 4.69) is 10.3 Å². The Morgan fingerprint density at radius 3 is 2.37 bits per heavy atom. The number of fused-ring (bicyclic) bond motifs is 1. The minimum absolute atomic E-state index is 0.00247. The third kappa shape index (κ3) is 5.49. The van der Waals surface area contributed by atoms with Crippen LogP contribution in [0, 0.1) is 0 Å². The third-order valence-electron chi connectivity index (χ3n) is 5.83. The molecule has 2 heterocycles. The Morgan fingerprint density at radius 2 is 1.74 bits per heavy atom. The number of aromatic nitrogens is 1. The summed E-state index contributed by atoms with van der Waals surface area (Å²) in [6.45, 7) is 4.78. The van der Waals surface area contributed by atoms with Crippen molar-refractivity contribution in [2.75, 3.05) is 26.4 Å². The van der Waals surface area contributed by atoms with E-state index in [1.807, 2.05) is 38.1 Å². The molecule has 1 aliphatic rings. The first kappa shape index (κ1) is 26.2. The van der Waals surface area contributed by atoms with Crippen molar-refractivity contribution in [2.24, 2.45) is 5.73 Å². The molecule has 1 aromatic heterocycles. The SMILES string of the molecule is CC.NC(=O)C1(S(=O)(=O)c2ccc(OCCNC(=O)c3cc4ccccc4[nH]3)cc2)CCOCC1. The Morgan fingerprint density at radius 1 is 1.09 bits per heavy atom. The summed E-state index contributed by atoms with van der Waals surface area (Å²) in [6, 6.07) is 15.2. The number of carbonyl (C=O) groups is 2. The Balaban J connectivity index is 0.00000167. The monoisotopic (exact) mass is 501 g/mol. The van der Waals surface area contributed by atoms with Crippen LogP contribution in [-0.4, -0.2) is 56.3 Å². The van der Waals surface area contributed by atoms with Gasteiger partial charge in [-0.25, -0.2) is 8.42 Å². The van der Waals surface area contributed by atoms with Crippen molar-refractivity contribution in [3.05, 3.63) is 60.3 Å². The molecule has 3 aromatic rings. The molecule has 4 N–H and O–H groups in total. The fourth-order valence-electron chi connectivity index (χ4n) is 3.91. The number of carbonyl (C=O) groups excluding carboxylic acids is 2. The molecule has 0 radical (unpaired) electrons. The van der Waals surface area contributed by atoms with Gasteiger partial charge < -0.3 is 25.5 Å². The maximum atomic E-state index is 13.1. The van der Waals surface area contributed by atoms with E-state index in [1.165, 1.54) is 24.3 Å². The average Bonchev–Trinajstić information content (AvgIpc) is 3.33. The zero-order chi connectivity index (χ0) is 25.5. The van der Waals surface area contributed by atoms with Gasteiger partial charge in [0.2, 0.25) is 5.91 Å². The van der Waals surface area contributed by atoms with Gasteiger partial charge >= 0.3 is 0 Å². The molecule has 1 fully saturated rings. The van der Waals surface area contributed by atoms with E-state index in [4.69, 9.17) is 15.2 Å². The van der Waals surface area contributed by atoms with E-state index in [-0.39, 0.29) is 50.0 Å². The van der Waals surface area contributed by atoms with Crippen LogP contribution < -0.4 is 15.8 Å². The second-order valence-electron chi connectivity index (χ2n) is 7.82. The molecule has 1 saturated heterocycles. The Labute approximate surface area is 204 Å². The van der Waals surface area contributed by atoms with Gasteiger partial charge in [0.25, 0.3) is 5.91 Å². The van der Waals surface area contributed by atoms with Crippen LogP contribution in [0.1, 0.15) is 37.2 Å². The first-order chi connectivity index (χ1) is 16.8. The predicted octanol–water partition coefficient (Wildman–Crippen LogP) is 2.81.